The van der Waals surface area contributed by atoms with Crippen molar-refractivity contribution in [1.82, 2.24) is 19.8 Å². The smallest absolute Gasteiger partial charge is 0.261 e. The van der Waals surface area contributed by atoms with Crippen LogP contribution in [0.25, 0.3) is 11.0 Å². The normalized spacial score (nSPS) is 18.1. The molecule has 2 aliphatic rings. The van der Waals surface area contributed by atoms with Gasteiger partial charge in [0.05, 0.1) is 22.2 Å². The SMILES string of the molecule is NC(=O)[C@@H](NC(=O)[C@@H]1CCCC[C@H]1c1ccc(Cn2c(CCN3C(=O)c4ccccc4C3=O)nc3ccccc32)cc1)c1ccccc1. The lowest BCUT2D eigenvalue weighted by molar-refractivity contribution is -0.131. The van der Waals surface area contributed by atoms with Gasteiger partial charge in [-0.25, -0.2) is 4.98 Å². The lowest BCUT2D eigenvalue weighted by Crippen LogP contribution is -2.42. The van der Waals surface area contributed by atoms with Gasteiger partial charge in [0.2, 0.25) is 11.8 Å². The highest BCUT2D eigenvalue weighted by atomic mass is 16.2. The summed E-state index contributed by atoms with van der Waals surface area (Å²) in [6.45, 7) is 0.796. The fourth-order valence-corrected chi connectivity index (χ4v) is 7.26. The second-order valence-electron chi connectivity index (χ2n) is 12.7. The minimum atomic E-state index is -0.875. The Kier molecular flexibility index (Phi) is 8.59. The predicted octanol–water partition coefficient (Wildman–Crippen LogP) is 5.54. The van der Waals surface area contributed by atoms with Gasteiger partial charge in [0, 0.05) is 25.4 Å². The summed E-state index contributed by atoms with van der Waals surface area (Å²) in [5.74, 6) is -0.709. The van der Waals surface area contributed by atoms with Crippen LogP contribution in [0, 0.1) is 5.92 Å². The van der Waals surface area contributed by atoms with E-state index in [1.165, 1.54) is 4.90 Å². The summed E-state index contributed by atoms with van der Waals surface area (Å²) in [6, 6.07) is 31.5. The molecule has 1 saturated carbocycles. The molecule has 9 heteroatoms. The zero-order valence-electron chi connectivity index (χ0n) is 26.5. The molecule has 0 saturated heterocycles. The van der Waals surface area contributed by atoms with E-state index in [0.717, 1.165) is 53.7 Å². The molecule has 0 spiro atoms. The predicted molar refractivity (Wildman–Crippen MR) is 182 cm³/mol. The molecular formula is C39H37N5O4. The zero-order chi connectivity index (χ0) is 33.2. The van der Waals surface area contributed by atoms with Gasteiger partial charge < -0.3 is 15.6 Å². The Morgan fingerprint density at radius 1 is 0.812 bits per heavy atom. The number of hydrogen-bond acceptors (Lipinski definition) is 5. The summed E-state index contributed by atoms with van der Waals surface area (Å²) in [5, 5.41) is 2.94. The van der Waals surface area contributed by atoms with Gasteiger partial charge in [-0.1, -0.05) is 91.7 Å². The lowest BCUT2D eigenvalue weighted by atomic mass is 9.74. The number of aromatic nitrogens is 2. The number of primary amides is 1. The van der Waals surface area contributed by atoms with Crippen molar-refractivity contribution in [2.75, 3.05) is 6.54 Å². The highest BCUT2D eigenvalue weighted by molar-refractivity contribution is 6.21. The first-order chi connectivity index (χ1) is 23.4. The van der Waals surface area contributed by atoms with Gasteiger partial charge in [-0.15, -0.1) is 0 Å². The topological polar surface area (TPSA) is 127 Å². The molecule has 0 radical (unpaired) electrons. The Bertz CT molecular complexity index is 1970. The van der Waals surface area contributed by atoms with E-state index in [4.69, 9.17) is 10.7 Å². The van der Waals surface area contributed by atoms with Crippen molar-refractivity contribution < 1.29 is 19.2 Å². The Labute approximate surface area is 278 Å². The summed E-state index contributed by atoms with van der Waals surface area (Å²) < 4.78 is 2.15. The number of fused-ring (bicyclic) bond motifs is 2. The molecule has 3 N–H and O–H groups in total. The van der Waals surface area contributed by atoms with Gasteiger partial charge in [-0.3, -0.25) is 24.1 Å². The van der Waals surface area contributed by atoms with Gasteiger partial charge in [0.1, 0.15) is 11.9 Å². The van der Waals surface area contributed by atoms with Crippen molar-refractivity contribution >= 4 is 34.7 Å². The monoisotopic (exact) mass is 639 g/mol. The molecule has 2 heterocycles. The lowest BCUT2D eigenvalue weighted by Gasteiger charge is -2.32. The van der Waals surface area contributed by atoms with Crippen LogP contribution in [0.15, 0.2) is 103 Å². The molecule has 1 fully saturated rings. The Hall–Kier alpha value is -5.57. The Balaban J connectivity index is 1.08. The molecule has 1 aliphatic carbocycles. The number of carbonyl (C=O) groups is 4. The fraction of sp³-hybridized carbons (Fsp3) is 0.256. The number of imidazole rings is 1. The quantitative estimate of drug-likeness (QED) is 0.194. The molecule has 48 heavy (non-hydrogen) atoms. The van der Waals surface area contributed by atoms with Crippen LogP contribution in [0.4, 0.5) is 0 Å². The molecule has 4 aromatic carbocycles. The van der Waals surface area contributed by atoms with E-state index in [9.17, 15) is 19.2 Å². The third-order valence-electron chi connectivity index (χ3n) is 9.73. The number of para-hydroxylation sites is 2. The van der Waals surface area contributed by atoms with E-state index in [1.807, 2.05) is 42.5 Å². The number of carbonyl (C=O) groups excluding carboxylic acids is 4. The number of benzene rings is 4. The van der Waals surface area contributed by atoms with E-state index in [-0.39, 0.29) is 36.1 Å². The second kappa shape index (κ2) is 13.3. The van der Waals surface area contributed by atoms with Crippen LogP contribution in [0.3, 0.4) is 0 Å². The summed E-state index contributed by atoms with van der Waals surface area (Å²) in [6.07, 6.45) is 4.04. The molecule has 242 valence electrons. The summed E-state index contributed by atoms with van der Waals surface area (Å²) in [5.41, 5.74) is 11.2. The number of amides is 4. The van der Waals surface area contributed by atoms with Crippen LogP contribution in [-0.2, 0) is 22.6 Å². The molecule has 4 amide bonds. The van der Waals surface area contributed by atoms with Crippen molar-refractivity contribution in [3.8, 4) is 0 Å². The van der Waals surface area contributed by atoms with E-state index in [1.54, 1.807) is 36.4 Å². The van der Waals surface area contributed by atoms with Crippen LogP contribution < -0.4 is 11.1 Å². The first-order valence-electron chi connectivity index (χ1n) is 16.5. The van der Waals surface area contributed by atoms with Gasteiger partial charge in [-0.05, 0) is 59.7 Å². The van der Waals surface area contributed by atoms with Crippen LogP contribution >= 0.6 is 0 Å². The number of hydrogen-bond donors (Lipinski definition) is 2. The highest BCUT2D eigenvalue weighted by Gasteiger charge is 2.36. The Morgan fingerprint density at radius 3 is 2.17 bits per heavy atom. The molecule has 0 bridgehead atoms. The summed E-state index contributed by atoms with van der Waals surface area (Å²) >= 11 is 0. The number of nitrogens with one attached hydrogen (secondary N) is 1. The van der Waals surface area contributed by atoms with Crippen molar-refractivity contribution in [1.29, 1.82) is 0 Å². The standard InChI is InChI=1S/C39H37N5O4/c40-36(45)35(27-10-2-1-3-11-27)42-37(46)29-13-5-4-12-28(29)26-20-18-25(19-21-26)24-44-33-17-9-8-16-32(33)41-34(44)22-23-43-38(47)30-14-6-7-15-31(30)39(43)48/h1-3,6-11,14-21,28-29,35H,4-5,12-13,22-24H2,(H2,40,45)(H,42,46)/t28-,29+,35-/m0/s1. The minimum Gasteiger partial charge on any atom is -0.368 e. The van der Waals surface area contributed by atoms with Gasteiger partial charge >= 0.3 is 0 Å². The van der Waals surface area contributed by atoms with E-state index >= 15 is 0 Å². The van der Waals surface area contributed by atoms with Crippen molar-refractivity contribution in [3.63, 3.8) is 0 Å². The van der Waals surface area contributed by atoms with Crippen LogP contribution in [0.2, 0.25) is 0 Å². The Morgan fingerprint density at radius 2 is 1.46 bits per heavy atom. The minimum absolute atomic E-state index is 0.0291. The van der Waals surface area contributed by atoms with Crippen molar-refractivity contribution in [3.05, 3.63) is 137 Å². The molecule has 0 unspecified atom stereocenters. The average molecular weight is 640 g/mol. The second-order valence-corrected chi connectivity index (χ2v) is 12.7. The van der Waals surface area contributed by atoms with E-state index < -0.39 is 11.9 Å². The number of nitrogens with two attached hydrogens (primary N) is 1. The maximum absolute atomic E-state index is 13.6. The first-order valence-corrected chi connectivity index (χ1v) is 16.5. The number of imide groups is 1. The number of nitrogens with zero attached hydrogens (tertiary/aromatic N) is 3. The molecule has 9 nitrogen and oxygen atoms in total. The van der Waals surface area contributed by atoms with Gasteiger partial charge in [0.15, 0.2) is 0 Å². The first kappa shape index (κ1) is 31.1. The molecule has 7 rings (SSSR count). The summed E-state index contributed by atoms with van der Waals surface area (Å²) in [7, 11) is 0. The van der Waals surface area contributed by atoms with Gasteiger partial charge in [0.25, 0.3) is 11.8 Å². The summed E-state index contributed by atoms with van der Waals surface area (Å²) in [4.78, 5) is 58.1. The van der Waals surface area contributed by atoms with E-state index in [0.29, 0.717) is 29.7 Å². The largest absolute Gasteiger partial charge is 0.368 e. The third-order valence-corrected chi connectivity index (χ3v) is 9.73. The van der Waals surface area contributed by atoms with Crippen LogP contribution in [-0.4, -0.2) is 44.6 Å². The van der Waals surface area contributed by atoms with Crippen LogP contribution in [0.1, 0.15) is 80.9 Å². The molecule has 1 aromatic heterocycles. The third kappa shape index (κ3) is 5.99. The average Bonchev–Trinajstić information content (AvgIpc) is 3.59. The van der Waals surface area contributed by atoms with Gasteiger partial charge in [-0.2, -0.15) is 0 Å². The number of rotatable bonds is 10. The van der Waals surface area contributed by atoms with Crippen molar-refractivity contribution in [2.45, 2.75) is 50.6 Å². The fourth-order valence-electron chi connectivity index (χ4n) is 7.26. The molecule has 5 aromatic rings. The zero-order valence-corrected chi connectivity index (χ0v) is 26.5. The molecule has 3 atom stereocenters. The maximum Gasteiger partial charge on any atom is 0.261 e. The highest BCUT2D eigenvalue weighted by Crippen LogP contribution is 2.38. The van der Waals surface area contributed by atoms with Crippen LogP contribution in [0.5, 0.6) is 0 Å². The molecule has 1 aliphatic heterocycles. The molecular weight excluding hydrogens is 602 g/mol. The van der Waals surface area contributed by atoms with E-state index in [2.05, 4.69) is 34.1 Å². The van der Waals surface area contributed by atoms with Crippen molar-refractivity contribution in [2.24, 2.45) is 11.7 Å². The maximum atomic E-state index is 13.6.